The number of para-hydroxylation sites is 1. The number of halogens is 1. The summed E-state index contributed by atoms with van der Waals surface area (Å²) in [6.45, 7) is 0. The Morgan fingerprint density at radius 2 is 2.09 bits per heavy atom. The highest BCUT2D eigenvalue weighted by molar-refractivity contribution is 6.19. The van der Waals surface area contributed by atoms with Gasteiger partial charge in [-0.15, -0.1) is 11.6 Å². The van der Waals surface area contributed by atoms with E-state index >= 15 is 0 Å². The van der Waals surface area contributed by atoms with Gasteiger partial charge in [-0.25, -0.2) is 0 Å². The molecular weight excluding hydrogens is 160 g/mol. The number of benzene rings is 1. The minimum atomic E-state index is 0.286. The summed E-state index contributed by atoms with van der Waals surface area (Å²) in [6, 6.07) is 7.13. The van der Waals surface area contributed by atoms with Crippen molar-refractivity contribution in [2.45, 2.75) is 0 Å². The topological polar surface area (TPSA) is 20.2 Å². The van der Waals surface area contributed by atoms with Gasteiger partial charge in [-0.3, -0.25) is 0 Å². The van der Waals surface area contributed by atoms with Crippen molar-refractivity contribution in [3.63, 3.8) is 0 Å². The van der Waals surface area contributed by atoms with E-state index in [1.807, 2.05) is 12.1 Å². The van der Waals surface area contributed by atoms with E-state index < -0.39 is 0 Å². The van der Waals surface area contributed by atoms with Crippen LogP contribution in [-0.4, -0.2) is 11.0 Å². The van der Waals surface area contributed by atoms with Crippen molar-refractivity contribution in [2.75, 3.05) is 5.88 Å². The summed E-state index contributed by atoms with van der Waals surface area (Å²) in [5, 5.41) is 9.24. The van der Waals surface area contributed by atoms with Crippen LogP contribution in [0, 0.1) is 0 Å². The Morgan fingerprint density at radius 3 is 2.73 bits per heavy atom. The second-order valence-corrected chi connectivity index (χ2v) is 2.42. The first-order valence-electron chi connectivity index (χ1n) is 3.35. The van der Waals surface area contributed by atoms with Crippen LogP contribution in [0.15, 0.2) is 30.3 Å². The van der Waals surface area contributed by atoms with Gasteiger partial charge in [0.05, 0.1) is 0 Å². The van der Waals surface area contributed by atoms with E-state index in [0.717, 1.165) is 5.56 Å². The molecule has 0 atom stereocenters. The average Bonchev–Trinajstić information content (AvgIpc) is 2.03. The minimum Gasteiger partial charge on any atom is -0.507 e. The van der Waals surface area contributed by atoms with Crippen molar-refractivity contribution in [2.24, 2.45) is 0 Å². The van der Waals surface area contributed by atoms with Gasteiger partial charge in [-0.2, -0.15) is 0 Å². The van der Waals surface area contributed by atoms with E-state index in [4.69, 9.17) is 11.6 Å². The molecule has 1 aromatic carbocycles. The zero-order valence-electron chi connectivity index (χ0n) is 6.00. The predicted octanol–water partition coefficient (Wildman–Crippen LogP) is 2.64. The molecule has 0 saturated carbocycles. The Hall–Kier alpha value is -0.950. The maximum Gasteiger partial charge on any atom is 0.122 e. The van der Waals surface area contributed by atoms with Crippen LogP contribution in [-0.2, 0) is 0 Å². The second-order valence-electron chi connectivity index (χ2n) is 2.12. The molecule has 0 radical (unpaired) electrons. The van der Waals surface area contributed by atoms with Gasteiger partial charge in [0, 0.05) is 11.4 Å². The van der Waals surface area contributed by atoms with Gasteiger partial charge in [0.2, 0.25) is 0 Å². The molecule has 0 aliphatic rings. The highest BCUT2D eigenvalue weighted by atomic mass is 35.5. The lowest BCUT2D eigenvalue weighted by Gasteiger charge is -1.95. The number of hydrogen-bond acceptors (Lipinski definition) is 1. The normalized spacial score (nSPS) is 10.6. The Morgan fingerprint density at radius 1 is 1.36 bits per heavy atom. The molecule has 0 bridgehead atoms. The van der Waals surface area contributed by atoms with E-state index in [1.165, 1.54) is 0 Å². The van der Waals surface area contributed by atoms with Gasteiger partial charge in [0.15, 0.2) is 0 Å². The van der Waals surface area contributed by atoms with Crippen molar-refractivity contribution < 1.29 is 5.11 Å². The molecule has 1 aromatic rings. The first-order chi connectivity index (χ1) is 5.34. The number of hydrogen-bond donors (Lipinski definition) is 1. The first kappa shape index (κ1) is 8.15. The van der Waals surface area contributed by atoms with Crippen LogP contribution in [0.4, 0.5) is 0 Å². The highest BCUT2D eigenvalue weighted by Crippen LogP contribution is 2.16. The summed E-state index contributed by atoms with van der Waals surface area (Å²) < 4.78 is 0. The fourth-order valence-electron chi connectivity index (χ4n) is 0.800. The number of phenolic OH excluding ortho intramolecular Hbond substituents is 1. The molecule has 0 fully saturated rings. The summed E-state index contributed by atoms with van der Waals surface area (Å²) in [4.78, 5) is 0. The Bertz CT molecular complexity index is 255. The average molecular weight is 169 g/mol. The molecule has 2 heteroatoms. The van der Waals surface area contributed by atoms with Crippen LogP contribution < -0.4 is 0 Å². The van der Waals surface area contributed by atoms with Crippen molar-refractivity contribution in [3.05, 3.63) is 35.9 Å². The summed E-state index contributed by atoms with van der Waals surface area (Å²) in [5.41, 5.74) is 0.799. The van der Waals surface area contributed by atoms with Crippen molar-refractivity contribution in [1.82, 2.24) is 0 Å². The van der Waals surface area contributed by atoms with E-state index in [0.29, 0.717) is 5.88 Å². The summed E-state index contributed by atoms with van der Waals surface area (Å²) in [7, 11) is 0. The third-order valence-electron chi connectivity index (χ3n) is 1.32. The lowest BCUT2D eigenvalue weighted by molar-refractivity contribution is 0.474. The molecule has 0 amide bonds. The predicted molar refractivity (Wildman–Crippen MR) is 47.9 cm³/mol. The van der Waals surface area contributed by atoms with Crippen LogP contribution in [0.3, 0.4) is 0 Å². The van der Waals surface area contributed by atoms with Gasteiger partial charge in [0.25, 0.3) is 0 Å². The van der Waals surface area contributed by atoms with Gasteiger partial charge in [0.1, 0.15) is 5.75 Å². The monoisotopic (exact) mass is 168 g/mol. The third-order valence-corrected chi connectivity index (χ3v) is 1.50. The fourth-order valence-corrected chi connectivity index (χ4v) is 0.889. The number of aromatic hydroxyl groups is 1. The molecule has 0 aromatic heterocycles. The van der Waals surface area contributed by atoms with E-state index in [-0.39, 0.29) is 5.75 Å². The summed E-state index contributed by atoms with van der Waals surface area (Å²) in [5.74, 6) is 0.753. The Labute approximate surface area is 70.9 Å². The molecule has 0 aliphatic carbocycles. The SMILES string of the molecule is Oc1ccccc1/C=C\CCl. The number of rotatable bonds is 2. The lowest BCUT2D eigenvalue weighted by atomic mass is 10.2. The lowest BCUT2D eigenvalue weighted by Crippen LogP contribution is -1.72. The molecule has 0 heterocycles. The van der Waals surface area contributed by atoms with Crippen molar-refractivity contribution in [1.29, 1.82) is 0 Å². The maximum absolute atomic E-state index is 9.24. The summed E-state index contributed by atoms with van der Waals surface area (Å²) >= 11 is 5.44. The van der Waals surface area contributed by atoms with Crippen LogP contribution >= 0.6 is 11.6 Å². The van der Waals surface area contributed by atoms with Crippen LogP contribution in [0.1, 0.15) is 5.56 Å². The van der Waals surface area contributed by atoms with E-state index in [2.05, 4.69) is 0 Å². The van der Waals surface area contributed by atoms with Crippen molar-refractivity contribution in [3.8, 4) is 5.75 Å². The molecule has 58 valence electrons. The molecule has 1 rings (SSSR count). The fraction of sp³-hybridized carbons (Fsp3) is 0.111. The Balaban J connectivity index is 2.86. The number of allylic oxidation sites excluding steroid dienone is 1. The first-order valence-corrected chi connectivity index (χ1v) is 3.88. The van der Waals surface area contributed by atoms with Gasteiger partial charge in [-0.1, -0.05) is 30.4 Å². The van der Waals surface area contributed by atoms with Gasteiger partial charge >= 0.3 is 0 Å². The molecular formula is C9H9ClO. The third kappa shape index (κ3) is 2.28. The second kappa shape index (κ2) is 4.04. The summed E-state index contributed by atoms with van der Waals surface area (Å²) in [6.07, 6.45) is 3.58. The zero-order chi connectivity index (χ0) is 8.10. The number of phenols is 1. The molecule has 11 heavy (non-hydrogen) atoms. The van der Waals surface area contributed by atoms with Gasteiger partial charge < -0.3 is 5.11 Å². The molecule has 1 nitrogen and oxygen atoms in total. The molecule has 0 aliphatic heterocycles. The van der Waals surface area contributed by atoms with Crippen LogP contribution in [0.5, 0.6) is 5.75 Å². The van der Waals surface area contributed by atoms with E-state index in [9.17, 15) is 5.11 Å². The van der Waals surface area contributed by atoms with Crippen LogP contribution in [0.2, 0.25) is 0 Å². The van der Waals surface area contributed by atoms with Gasteiger partial charge in [-0.05, 0) is 6.07 Å². The maximum atomic E-state index is 9.24. The zero-order valence-corrected chi connectivity index (χ0v) is 6.75. The highest BCUT2D eigenvalue weighted by Gasteiger charge is 1.91. The standard InChI is InChI=1S/C9H9ClO/c10-7-3-5-8-4-1-2-6-9(8)11/h1-6,11H,7H2/b5-3-. The largest absolute Gasteiger partial charge is 0.507 e. The van der Waals surface area contributed by atoms with E-state index in [1.54, 1.807) is 24.3 Å². The van der Waals surface area contributed by atoms with Crippen molar-refractivity contribution >= 4 is 17.7 Å². The Kier molecular flexibility index (Phi) is 2.99. The molecule has 0 spiro atoms. The van der Waals surface area contributed by atoms with Crippen LogP contribution in [0.25, 0.3) is 6.08 Å². The minimum absolute atomic E-state index is 0.286. The molecule has 0 unspecified atom stereocenters. The number of alkyl halides is 1. The molecule has 0 saturated heterocycles. The molecule has 1 N–H and O–H groups in total. The quantitative estimate of drug-likeness (QED) is 0.674. The smallest absolute Gasteiger partial charge is 0.122 e.